The largest absolute Gasteiger partial charge is 0.545 e. The Morgan fingerprint density at radius 3 is 2.70 bits per heavy atom. The quantitative estimate of drug-likeness (QED) is 0.468. The van der Waals surface area contributed by atoms with Crippen LogP contribution >= 0.6 is 8.69 Å². The average Bonchev–Trinajstić information content (AvgIpc) is 1.89. The smallest absolute Gasteiger partial charge is 0.241 e. The van der Waals surface area contributed by atoms with Crippen molar-refractivity contribution >= 4 is 14.7 Å². The van der Waals surface area contributed by atoms with Crippen molar-refractivity contribution in [3.05, 3.63) is 11.6 Å². The zero-order valence-electron chi connectivity index (χ0n) is 6.01. The lowest BCUT2D eigenvalue weighted by Crippen LogP contribution is -1.97. The van der Waals surface area contributed by atoms with Crippen molar-refractivity contribution in [2.75, 3.05) is 0 Å². The van der Waals surface area contributed by atoms with E-state index in [4.69, 9.17) is 0 Å². The van der Waals surface area contributed by atoms with Gasteiger partial charge in [0.1, 0.15) is 0 Å². The molecule has 0 aliphatic heterocycles. The highest BCUT2D eigenvalue weighted by Crippen LogP contribution is 2.03. The standard InChI is InChI=1S/C6H10O3P/c1-3-4-5(2)6(7)9-10-8/h4,10H,3H2,1-2H3/q+1. The maximum atomic E-state index is 10.6. The van der Waals surface area contributed by atoms with Crippen LogP contribution in [-0.4, -0.2) is 5.97 Å². The number of hydrogen-bond acceptors (Lipinski definition) is 3. The van der Waals surface area contributed by atoms with Gasteiger partial charge in [-0.2, -0.15) is 0 Å². The molecule has 4 heteroatoms. The number of hydrogen-bond donors (Lipinski definition) is 0. The van der Waals surface area contributed by atoms with Gasteiger partial charge in [-0.3, -0.25) is 0 Å². The molecule has 0 amide bonds. The summed E-state index contributed by atoms with van der Waals surface area (Å²) < 4.78 is 14.0. The Morgan fingerprint density at radius 2 is 2.30 bits per heavy atom. The van der Waals surface area contributed by atoms with Crippen LogP contribution in [0.4, 0.5) is 0 Å². The molecule has 1 unspecified atom stereocenters. The Morgan fingerprint density at radius 1 is 1.70 bits per heavy atom. The van der Waals surface area contributed by atoms with Gasteiger partial charge in [-0.25, -0.2) is 9.32 Å². The van der Waals surface area contributed by atoms with Crippen LogP contribution < -0.4 is 0 Å². The zero-order valence-corrected chi connectivity index (χ0v) is 7.01. The van der Waals surface area contributed by atoms with Crippen LogP contribution in [0.15, 0.2) is 11.6 Å². The molecule has 0 saturated carbocycles. The third kappa shape index (κ3) is 3.36. The molecule has 3 nitrogen and oxygen atoms in total. The lowest BCUT2D eigenvalue weighted by Gasteiger charge is -1.88. The molecule has 0 bridgehead atoms. The van der Waals surface area contributed by atoms with E-state index in [2.05, 4.69) is 4.52 Å². The maximum Gasteiger partial charge on any atom is 0.545 e. The monoisotopic (exact) mass is 161 g/mol. The van der Waals surface area contributed by atoms with Gasteiger partial charge in [-0.05, 0) is 17.9 Å². The first-order valence-electron chi connectivity index (χ1n) is 2.97. The summed E-state index contributed by atoms with van der Waals surface area (Å²) in [5, 5.41) is 0. The molecule has 0 fully saturated rings. The number of allylic oxidation sites excluding steroid dienone is 1. The fourth-order valence-electron chi connectivity index (χ4n) is 0.508. The summed E-state index contributed by atoms with van der Waals surface area (Å²) in [7, 11) is -1.01. The van der Waals surface area contributed by atoms with Crippen LogP contribution in [0.3, 0.4) is 0 Å². The van der Waals surface area contributed by atoms with E-state index >= 15 is 0 Å². The molecule has 0 aromatic carbocycles. The molecule has 0 heterocycles. The van der Waals surface area contributed by atoms with Crippen LogP contribution in [0.2, 0.25) is 0 Å². The van der Waals surface area contributed by atoms with Crippen LogP contribution in [-0.2, 0) is 13.9 Å². The first kappa shape index (κ1) is 9.31. The molecular weight excluding hydrogens is 151 g/mol. The van der Waals surface area contributed by atoms with Gasteiger partial charge in [0.15, 0.2) is 0 Å². The summed E-state index contributed by atoms with van der Waals surface area (Å²) >= 11 is 0. The molecule has 0 spiro atoms. The highest BCUT2D eigenvalue weighted by atomic mass is 31.1. The maximum absolute atomic E-state index is 10.6. The topological polar surface area (TPSA) is 43.4 Å². The second-order valence-corrected chi connectivity index (χ2v) is 2.14. The highest BCUT2D eigenvalue weighted by molar-refractivity contribution is 7.18. The number of carbonyl (C=O) groups excluding carboxylic acids is 1. The molecule has 56 valence electrons. The molecule has 0 N–H and O–H groups in total. The normalized spacial score (nSPS) is 11.6. The van der Waals surface area contributed by atoms with E-state index in [0.29, 0.717) is 5.57 Å². The fraction of sp³-hybridized carbons (Fsp3) is 0.500. The summed E-state index contributed by atoms with van der Waals surface area (Å²) in [5.74, 6) is -0.504. The Balaban J connectivity index is 3.93. The van der Waals surface area contributed by atoms with E-state index in [1.54, 1.807) is 13.0 Å². The van der Waals surface area contributed by atoms with Crippen molar-refractivity contribution in [2.24, 2.45) is 0 Å². The Kier molecular flexibility index (Phi) is 4.77. The minimum atomic E-state index is -1.01. The second-order valence-electron chi connectivity index (χ2n) is 1.77. The molecule has 1 atom stereocenters. The van der Waals surface area contributed by atoms with E-state index < -0.39 is 14.7 Å². The van der Waals surface area contributed by atoms with Gasteiger partial charge < -0.3 is 0 Å². The van der Waals surface area contributed by atoms with E-state index in [9.17, 15) is 9.36 Å². The molecule has 0 rings (SSSR count). The third-order valence-electron chi connectivity index (χ3n) is 0.967. The summed E-state index contributed by atoms with van der Waals surface area (Å²) in [4.78, 5) is 10.6. The predicted octanol–water partition coefficient (Wildman–Crippen LogP) is 1.82. The van der Waals surface area contributed by atoms with Crippen molar-refractivity contribution in [1.29, 1.82) is 0 Å². The summed E-state index contributed by atoms with van der Waals surface area (Å²) in [5.41, 5.74) is 0.505. The Bertz CT molecular complexity index is 162. The van der Waals surface area contributed by atoms with Gasteiger partial charge in [-0.1, -0.05) is 13.0 Å². The first-order valence-corrected chi connectivity index (χ1v) is 3.79. The zero-order chi connectivity index (χ0) is 7.98. The molecule has 0 aromatic rings. The van der Waals surface area contributed by atoms with Gasteiger partial charge in [0.25, 0.3) is 0 Å². The van der Waals surface area contributed by atoms with Gasteiger partial charge in [0.05, 0.1) is 0 Å². The Labute approximate surface area is 61.4 Å². The van der Waals surface area contributed by atoms with Crippen LogP contribution in [0, 0.1) is 0 Å². The minimum absolute atomic E-state index is 0.504. The number of carbonyl (C=O) groups is 1. The van der Waals surface area contributed by atoms with E-state index in [0.717, 1.165) is 6.42 Å². The molecular formula is C6H10O3P+. The van der Waals surface area contributed by atoms with Gasteiger partial charge >= 0.3 is 14.7 Å². The fourth-order valence-corrected chi connectivity index (χ4v) is 0.745. The summed E-state index contributed by atoms with van der Waals surface area (Å²) in [6.07, 6.45) is 2.51. The molecule has 0 radical (unpaired) electrons. The molecule has 10 heavy (non-hydrogen) atoms. The molecule has 0 aliphatic carbocycles. The van der Waals surface area contributed by atoms with Crippen LogP contribution in [0.1, 0.15) is 20.3 Å². The van der Waals surface area contributed by atoms with Gasteiger partial charge in [0.2, 0.25) is 0 Å². The van der Waals surface area contributed by atoms with Crippen molar-refractivity contribution < 1.29 is 13.9 Å². The van der Waals surface area contributed by atoms with Gasteiger partial charge in [-0.15, -0.1) is 0 Å². The van der Waals surface area contributed by atoms with Crippen molar-refractivity contribution in [1.82, 2.24) is 0 Å². The predicted molar refractivity (Wildman–Crippen MR) is 39.1 cm³/mol. The highest BCUT2D eigenvalue weighted by Gasteiger charge is 2.08. The van der Waals surface area contributed by atoms with Crippen LogP contribution in [0.5, 0.6) is 0 Å². The molecule has 0 saturated heterocycles. The van der Waals surface area contributed by atoms with Crippen LogP contribution in [0.25, 0.3) is 0 Å². The summed E-state index contributed by atoms with van der Waals surface area (Å²) in [6, 6.07) is 0. The van der Waals surface area contributed by atoms with Crippen molar-refractivity contribution in [3.63, 3.8) is 0 Å². The lowest BCUT2D eigenvalue weighted by molar-refractivity contribution is -0.129. The Hall–Kier alpha value is -0.690. The third-order valence-corrected chi connectivity index (χ3v) is 1.24. The SMILES string of the molecule is CCC=C(C)C(=O)O[PH+]=O. The number of rotatable bonds is 3. The first-order chi connectivity index (χ1) is 4.72. The van der Waals surface area contributed by atoms with E-state index in [-0.39, 0.29) is 0 Å². The molecule has 0 aliphatic rings. The second kappa shape index (κ2) is 5.12. The van der Waals surface area contributed by atoms with E-state index in [1.165, 1.54) is 0 Å². The molecule has 0 aromatic heterocycles. The summed E-state index contributed by atoms with van der Waals surface area (Å²) in [6.45, 7) is 3.54. The lowest BCUT2D eigenvalue weighted by atomic mass is 10.2. The minimum Gasteiger partial charge on any atom is -0.241 e. The van der Waals surface area contributed by atoms with E-state index in [1.807, 2.05) is 6.92 Å². The van der Waals surface area contributed by atoms with Gasteiger partial charge in [0, 0.05) is 5.57 Å². The van der Waals surface area contributed by atoms with Crippen molar-refractivity contribution in [2.45, 2.75) is 20.3 Å². The average molecular weight is 161 g/mol. The van der Waals surface area contributed by atoms with Crippen molar-refractivity contribution in [3.8, 4) is 0 Å².